The zero-order chi connectivity index (χ0) is 15.5. The number of hydrogen-bond donors (Lipinski definition) is 2. The Kier molecular flexibility index (Phi) is 4.72. The molecule has 2 rings (SSSR count). The average molecular weight is 302 g/mol. The number of carbonyl (C=O) groups is 1. The summed E-state index contributed by atoms with van der Waals surface area (Å²) in [6.07, 6.45) is -4.09. The van der Waals surface area contributed by atoms with Gasteiger partial charge in [0.15, 0.2) is 0 Å². The Balaban J connectivity index is 1.94. The van der Waals surface area contributed by atoms with Crippen LogP contribution in [0.2, 0.25) is 0 Å². The number of carbonyl (C=O) groups excluding carboxylic acids is 1. The third-order valence-electron chi connectivity index (χ3n) is 3.56. The molecule has 4 nitrogen and oxygen atoms in total. The lowest BCUT2D eigenvalue weighted by Crippen LogP contribution is -2.49. The SMILES string of the molecule is COc1ccccc1NC(=O)C1CCC(C(F)(F)F)CN1. The minimum absolute atomic E-state index is 0.0412. The Bertz CT molecular complexity index is 497. The van der Waals surface area contributed by atoms with Crippen LogP contribution in [0.1, 0.15) is 12.8 Å². The van der Waals surface area contributed by atoms with Gasteiger partial charge in [0.1, 0.15) is 5.75 Å². The van der Waals surface area contributed by atoms with Crippen molar-refractivity contribution in [2.75, 3.05) is 19.0 Å². The Morgan fingerprint density at radius 1 is 1.33 bits per heavy atom. The summed E-state index contributed by atoms with van der Waals surface area (Å²) in [6, 6.07) is 6.27. The van der Waals surface area contributed by atoms with Crippen molar-refractivity contribution in [3.8, 4) is 5.75 Å². The number of piperidine rings is 1. The van der Waals surface area contributed by atoms with E-state index >= 15 is 0 Å². The summed E-state index contributed by atoms with van der Waals surface area (Å²) in [4.78, 5) is 12.1. The van der Waals surface area contributed by atoms with Gasteiger partial charge in [-0.1, -0.05) is 12.1 Å². The van der Waals surface area contributed by atoms with Crippen LogP contribution in [0.15, 0.2) is 24.3 Å². The summed E-state index contributed by atoms with van der Waals surface area (Å²) in [7, 11) is 1.48. The number of benzene rings is 1. The maximum atomic E-state index is 12.6. The van der Waals surface area contributed by atoms with Crippen LogP contribution in [0.5, 0.6) is 5.75 Å². The molecule has 1 aromatic carbocycles. The normalized spacial score (nSPS) is 22.7. The largest absolute Gasteiger partial charge is 0.495 e. The number of anilines is 1. The van der Waals surface area contributed by atoms with Gasteiger partial charge in [-0.2, -0.15) is 13.2 Å². The molecule has 0 saturated carbocycles. The van der Waals surface area contributed by atoms with Crippen molar-refractivity contribution in [3.05, 3.63) is 24.3 Å². The highest BCUT2D eigenvalue weighted by molar-refractivity contribution is 5.96. The number of alkyl halides is 3. The molecule has 116 valence electrons. The van der Waals surface area contributed by atoms with Gasteiger partial charge in [-0.05, 0) is 25.0 Å². The van der Waals surface area contributed by atoms with E-state index in [1.54, 1.807) is 24.3 Å². The molecule has 1 aliphatic heterocycles. The minimum atomic E-state index is -4.21. The van der Waals surface area contributed by atoms with Crippen LogP contribution in [0.4, 0.5) is 18.9 Å². The maximum absolute atomic E-state index is 12.6. The molecule has 0 aliphatic carbocycles. The number of amides is 1. The first-order chi connectivity index (χ1) is 9.91. The second kappa shape index (κ2) is 6.34. The smallest absolute Gasteiger partial charge is 0.393 e. The second-order valence-corrected chi connectivity index (χ2v) is 4.97. The molecular formula is C14H17F3N2O2. The fourth-order valence-electron chi connectivity index (χ4n) is 2.33. The molecule has 1 heterocycles. The molecule has 0 aromatic heterocycles. The van der Waals surface area contributed by atoms with E-state index in [1.807, 2.05) is 0 Å². The minimum Gasteiger partial charge on any atom is -0.495 e. The molecule has 1 aliphatic rings. The van der Waals surface area contributed by atoms with Gasteiger partial charge in [-0.25, -0.2) is 0 Å². The molecule has 1 aromatic rings. The van der Waals surface area contributed by atoms with Gasteiger partial charge < -0.3 is 15.4 Å². The van der Waals surface area contributed by atoms with Crippen LogP contribution in [-0.4, -0.2) is 31.8 Å². The van der Waals surface area contributed by atoms with Crippen LogP contribution < -0.4 is 15.4 Å². The van der Waals surface area contributed by atoms with Gasteiger partial charge in [-0.15, -0.1) is 0 Å². The molecule has 0 spiro atoms. The maximum Gasteiger partial charge on any atom is 0.393 e. The van der Waals surface area contributed by atoms with Crippen molar-refractivity contribution < 1.29 is 22.7 Å². The molecular weight excluding hydrogens is 285 g/mol. The summed E-state index contributed by atoms with van der Waals surface area (Å²) in [5.41, 5.74) is 0.504. The van der Waals surface area contributed by atoms with Crippen molar-refractivity contribution >= 4 is 11.6 Å². The fraction of sp³-hybridized carbons (Fsp3) is 0.500. The predicted molar refractivity (Wildman–Crippen MR) is 72.2 cm³/mol. The van der Waals surface area contributed by atoms with Gasteiger partial charge in [0.2, 0.25) is 5.91 Å². The van der Waals surface area contributed by atoms with Crippen molar-refractivity contribution in [1.29, 1.82) is 0 Å². The van der Waals surface area contributed by atoms with Crippen LogP contribution in [0.25, 0.3) is 0 Å². The number of halogens is 3. The van der Waals surface area contributed by atoms with E-state index in [1.165, 1.54) is 7.11 Å². The molecule has 1 fully saturated rings. The first-order valence-electron chi connectivity index (χ1n) is 6.66. The van der Waals surface area contributed by atoms with Gasteiger partial charge in [0.05, 0.1) is 24.8 Å². The molecule has 2 N–H and O–H groups in total. The highest BCUT2D eigenvalue weighted by Crippen LogP contribution is 2.32. The van der Waals surface area contributed by atoms with Crippen molar-refractivity contribution in [1.82, 2.24) is 5.32 Å². The molecule has 1 amide bonds. The third kappa shape index (κ3) is 3.87. The Hall–Kier alpha value is -1.76. The lowest BCUT2D eigenvalue weighted by molar-refractivity contribution is -0.180. The van der Waals surface area contributed by atoms with E-state index < -0.39 is 18.1 Å². The summed E-state index contributed by atoms with van der Waals surface area (Å²) in [5, 5.41) is 5.34. The molecule has 21 heavy (non-hydrogen) atoms. The number of nitrogens with one attached hydrogen (secondary N) is 2. The van der Waals surface area contributed by atoms with E-state index in [9.17, 15) is 18.0 Å². The first-order valence-corrected chi connectivity index (χ1v) is 6.66. The zero-order valence-electron chi connectivity index (χ0n) is 11.5. The van der Waals surface area contributed by atoms with Crippen molar-refractivity contribution in [3.63, 3.8) is 0 Å². The van der Waals surface area contributed by atoms with Crippen LogP contribution in [0.3, 0.4) is 0 Å². The number of rotatable bonds is 3. The van der Waals surface area contributed by atoms with E-state index in [0.717, 1.165) is 0 Å². The summed E-state index contributed by atoms with van der Waals surface area (Å²) in [5.74, 6) is -1.22. The van der Waals surface area contributed by atoms with Crippen molar-refractivity contribution in [2.45, 2.75) is 25.1 Å². The van der Waals surface area contributed by atoms with E-state index in [-0.39, 0.29) is 25.3 Å². The highest BCUT2D eigenvalue weighted by Gasteiger charge is 2.42. The molecule has 1 saturated heterocycles. The standard InChI is InChI=1S/C14H17F3N2O2/c1-21-12-5-3-2-4-10(12)19-13(20)11-7-6-9(8-18-11)14(15,16)17/h2-5,9,11,18H,6-8H2,1H3,(H,19,20). The number of methoxy groups -OCH3 is 1. The number of ether oxygens (including phenoxy) is 1. The third-order valence-corrected chi connectivity index (χ3v) is 3.56. The highest BCUT2D eigenvalue weighted by atomic mass is 19.4. The molecule has 2 unspecified atom stereocenters. The van der Waals surface area contributed by atoms with E-state index in [2.05, 4.69) is 10.6 Å². The number of para-hydroxylation sites is 2. The number of hydrogen-bond acceptors (Lipinski definition) is 3. The van der Waals surface area contributed by atoms with E-state index in [4.69, 9.17) is 4.74 Å². The Labute approximate surface area is 120 Å². The molecule has 2 atom stereocenters. The van der Waals surface area contributed by atoms with E-state index in [0.29, 0.717) is 11.4 Å². The van der Waals surface area contributed by atoms with Crippen molar-refractivity contribution in [2.24, 2.45) is 5.92 Å². The Morgan fingerprint density at radius 3 is 2.62 bits per heavy atom. The lowest BCUT2D eigenvalue weighted by Gasteiger charge is -2.30. The molecule has 0 radical (unpaired) electrons. The van der Waals surface area contributed by atoms with Gasteiger partial charge in [-0.3, -0.25) is 4.79 Å². The Morgan fingerprint density at radius 2 is 2.05 bits per heavy atom. The zero-order valence-corrected chi connectivity index (χ0v) is 11.5. The molecule has 0 bridgehead atoms. The quantitative estimate of drug-likeness (QED) is 0.902. The van der Waals surface area contributed by atoms with Crippen LogP contribution >= 0.6 is 0 Å². The van der Waals surface area contributed by atoms with Gasteiger partial charge in [0, 0.05) is 6.54 Å². The monoisotopic (exact) mass is 302 g/mol. The topological polar surface area (TPSA) is 50.4 Å². The summed E-state index contributed by atoms with van der Waals surface area (Å²) in [6.45, 7) is -0.229. The predicted octanol–water partition coefficient (Wildman–Crippen LogP) is 2.56. The lowest BCUT2D eigenvalue weighted by atomic mass is 9.94. The fourth-order valence-corrected chi connectivity index (χ4v) is 2.33. The summed E-state index contributed by atoms with van der Waals surface area (Å²) < 4.78 is 42.8. The van der Waals surface area contributed by atoms with Crippen LogP contribution in [0, 0.1) is 5.92 Å². The van der Waals surface area contributed by atoms with Gasteiger partial charge in [0.25, 0.3) is 0 Å². The molecule has 7 heteroatoms. The average Bonchev–Trinajstić information content (AvgIpc) is 2.47. The summed E-state index contributed by atoms with van der Waals surface area (Å²) >= 11 is 0. The second-order valence-electron chi connectivity index (χ2n) is 4.97. The van der Waals surface area contributed by atoms with Crippen LogP contribution in [-0.2, 0) is 4.79 Å². The van der Waals surface area contributed by atoms with Gasteiger partial charge >= 0.3 is 6.18 Å². The first kappa shape index (κ1) is 15.6.